The Bertz CT molecular complexity index is 776. The molecule has 1 heterocycles. The van der Waals surface area contributed by atoms with Gasteiger partial charge in [0.05, 0.1) is 0 Å². The van der Waals surface area contributed by atoms with Crippen molar-refractivity contribution in [2.24, 2.45) is 0 Å². The third kappa shape index (κ3) is 2.86. The number of nitrogens with zero attached hydrogens (tertiary/aromatic N) is 1. The summed E-state index contributed by atoms with van der Waals surface area (Å²) in [6.07, 6.45) is 0. The fourth-order valence-electron chi connectivity index (χ4n) is 2.59. The number of rotatable bonds is 4. The first-order valence-electron chi connectivity index (χ1n) is 7.46. The van der Waals surface area contributed by atoms with Crippen LogP contribution in [0, 0.1) is 0 Å². The molecule has 0 bridgehead atoms. The normalized spacial score (nSPS) is 20.0. The zero-order valence-electron chi connectivity index (χ0n) is 13.1. The second-order valence-electron chi connectivity index (χ2n) is 5.60. The average molecular weight is 324 g/mol. The minimum absolute atomic E-state index is 0.361. The fourth-order valence-corrected chi connectivity index (χ4v) is 2.59. The summed E-state index contributed by atoms with van der Waals surface area (Å²) in [6, 6.07) is 16.8. The molecule has 0 aromatic heterocycles. The van der Waals surface area contributed by atoms with Crippen molar-refractivity contribution in [2.75, 3.05) is 6.54 Å². The number of carbonyl (C=O) groups is 3. The Kier molecular flexibility index (Phi) is 4.04. The van der Waals surface area contributed by atoms with Crippen LogP contribution in [0.1, 0.15) is 12.5 Å². The molecule has 6 nitrogen and oxygen atoms in total. The molecule has 24 heavy (non-hydrogen) atoms. The summed E-state index contributed by atoms with van der Waals surface area (Å²) >= 11 is 0. The molecule has 1 fully saturated rings. The zero-order chi connectivity index (χ0) is 17.2. The van der Waals surface area contributed by atoms with Crippen LogP contribution < -0.4 is 10.1 Å². The van der Waals surface area contributed by atoms with E-state index in [0.29, 0.717) is 11.3 Å². The SMILES string of the molecule is C[C@@]1(c2ccccc2)NC(=O)N(CC(=O)Oc2ccccc2)C1=O. The number of hydrogen-bond acceptors (Lipinski definition) is 4. The Hall–Kier alpha value is -3.15. The number of benzene rings is 2. The van der Waals surface area contributed by atoms with Crippen molar-refractivity contribution in [2.45, 2.75) is 12.5 Å². The van der Waals surface area contributed by atoms with Gasteiger partial charge in [-0.2, -0.15) is 0 Å². The van der Waals surface area contributed by atoms with Gasteiger partial charge >= 0.3 is 12.0 Å². The van der Waals surface area contributed by atoms with Crippen molar-refractivity contribution in [1.29, 1.82) is 0 Å². The molecule has 1 saturated heterocycles. The second-order valence-corrected chi connectivity index (χ2v) is 5.60. The van der Waals surface area contributed by atoms with Gasteiger partial charge in [-0.05, 0) is 24.6 Å². The molecule has 1 N–H and O–H groups in total. The molecule has 2 aromatic rings. The fraction of sp³-hybridized carbons (Fsp3) is 0.167. The smallest absolute Gasteiger partial charge is 0.331 e. The van der Waals surface area contributed by atoms with E-state index in [9.17, 15) is 14.4 Å². The topological polar surface area (TPSA) is 75.7 Å². The van der Waals surface area contributed by atoms with Crippen LogP contribution in [0.3, 0.4) is 0 Å². The van der Waals surface area contributed by atoms with E-state index in [1.54, 1.807) is 61.5 Å². The lowest BCUT2D eigenvalue weighted by molar-refractivity contribution is -0.140. The molecule has 0 spiro atoms. The van der Waals surface area contributed by atoms with Gasteiger partial charge in [-0.25, -0.2) is 9.59 Å². The number of carbonyl (C=O) groups excluding carboxylic acids is 3. The molecule has 0 radical (unpaired) electrons. The van der Waals surface area contributed by atoms with Crippen LogP contribution in [-0.2, 0) is 15.1 Å². The van der Waals surface area contributed by atoms with Gasteiger partial charge in [0.2, 0.25) is 0 Å². The lowest BCUT2D eigenvalue weighted by Gasteiger charge is -2.21. The van der Waals surface area contributed by atoms with E-state index in [2.05, 4.69) is 5.32 Å². The maximum atomic E-state index is 12.7. The van der Waals surface area contributed by atoms with Crippen molar-refractivity contribution >= 4 is 17.9 Å². The van der Waals surface area contributed by atoms with Gasteiger partial charge in [0.1, 0.15) is 17.8 Å². The minimum Gasteiger partial charge on any atom is -0.425 e. The van der Waals surface area contributed by atoms with E-state index >= 15 is 0 Å². The van der Waals surface area contributed by atoms with E-state index < -0.39 is 30.0 Å². The maximum absolute atomic E-state index is 12.7. The van der Waals surface area contributed by atoms with Crippen LogP contribution in [0.2, 0.25) is 0 Å². The lowest BCUT2D eigenvalue weighted by atomic mass is 9.92. The Balaban J connectivity index is 1.74. The van der Waals surface area contributed by atoms with Gasteiger partial charge in [0.15, 0.2) is 0 Å². The molecular weight excluding hydrogens is 308 g/mol. The molecule has 1 atom stereocenters. The molecular formula is C18H16N2O4. The third-order valence-corrected chi connectivity index (χ3v) is 3.89. The number of urea groups is 1. The molecule has 3 amide bonds. The van der Waals surface area contributed by atoms with Crippen molar-refractivity contribution in [3.63, 3.8) is 0 Å². The molecule has 2 aromatic carbocycles. The third-order valence-electron chi connectivity index (χ3n) is 3.89. The largest absolute Gasteiger partial charge is 0.425 e. The summed E-state index contributed by atoms with van der Waals surface area (Å²) in [5.41, 5.74) is -0.534. The highest BCUT2D eigenvalue weighted by Crippen LogP contribution is 2.28. The predicted octanol–water partition coefficient (Wildman–Crippen LogP) is 2.06. The van der Waals surface area contributed by atoms with Gasteiger partial charge < -0.3 is 10.1 Å². The van der Waals surface area contributed by atoms with Gasteiger partial charge in [-0.3, -0.25) is 9.69 Å². The Morgan fingerprint density at radius 1 is 1.04 bits per heavy atom. The average Bonchev–Trinajstić information content (AvgIpc) is 2.81. The van der Waals surface area contributed by atoms with Gasteiger partial charge in [0, 0.05) is 0 Å². The van der Waals surface area contributed by atoms with Crippen LogP contribution in [0.25, 0.3) is 0 Å². The van der Waals surface area contributed by atoms with Crippen LogP contribution in [-0.4, -0.2) is 29.4 Å². The van der Waals surface area contributed by atoms with E-state index in [4.69, 9.17) is 4.74 Å². The Morgan fingerprint density at radius 2 is 1.62 bits per heavy atom. The highest BCUT2D eigenvalue weighted by molar-refractivity contribution is 6.08. The molecule has 0 aliphatic carbocycles. The molecule has 6 heteroatoms. The molecule has 0 unspecified atom stereocenters. The first-order chi connectivity index (χ1) is 11.5. The molecule has 1 aliphatic heterocycles. The first-order valence-corrected chi connectivity index (χ1v) is 7.46. The number of hydrogen-bond donors (Lipinski definition) is 1. The van der Waals surface area contributed by atoms with Gasteiger partial charge in [-0.1, -0.05) is 48.5 Å². The van der Waals surface area contributed by atoms with Gasteiger partial charge in [0.25, 0.3) is 5.91 Å². The van der Waals surface area contributed by atoms with Crippen LogP contribution in [0.15, 0.2) is 60.7 Å². The predicted molar refractivity (Wildman–Crippen MR) is 86.1 cm³/mol. The second kappa shape index (κ2) is 6.16. The first kappa shape index (κ1) is 15.7. The monoisotopic (exact) mass is 324 g/mol. The summed E-state index contributed by atoms with van der Waals surface area (Å²) in [5, 5.41) is 2.65. The molecule has 1 aliphatic rings. The molecule has 3 rings (SSSR count). The van der Waals surface area contributed by atoms with E-state index in [1.165, 1.54) is 0 Å². The van der Waals surface area contributed by atoms with Crippen molar-refractivity contribution in [1.82, 2.24) is 10.2 Å². The summed E-state index contributed by atoms with van der Waals surface area (Å²) in [6.45, 7) is 1.17. The van der Waals surface area contributed by atoms with Crippen molar-refractivity contribution < 1.29 is 19.1 Å². The number of ether oxygens (including phenoxy) is 1. The number of imide groups is 1. The highest BCUT2D eigenvalue weighted by atomic mass is 16.5. The lowest BCUT2D eigenvalue weighted by Crippen LogP contribution is -2.41. The van der Waals surface area contributed by atoms with E-state index in [1.807, 2.05) is 6.07 Å². The van der Waals surface area contributed by atoms with Crippen molar-refractivity contribution in [3.8, 4) is 5.75 Å². The van der Waals surface area contributed by atoms with Crippen LogP contribution in [0.4, 0.5) is 4.79 Å². The minimum atomic E-state index is -1.19. The summed E-state index contributed by atoms with van der Waals surface area (Å²) in [4.78, 5) is 37.7. The highest BCUT2D eigenvalue weighted by Gasteiger charge is 2.49. The zero-order valence-corrected chi connectivity index (χ0v) is 13.1. The number of esters is 1. The van der Waals surface area contributed by atoms with Crippen LogP contribution >= 0.6 is 0 Å². The van der Waals surface area contributed by atoms with Crippen LogP contribution in [0.5, 0.6) is 5.75 Å². The molecule has 122 valence electrons. The van der Waals surface area contributed by atoms with E-state index in [-0.39, 0.29) is 0 Å². The van der Waals surface area contributed by atoms with Gasteiger partial charge in [-0.15, -0.1) is 0 Å². The standard InChI is InChI=1S/C18H16N2O4/c1-18(13-8-4-2-5-9-13)16(22)20(17(23)19-18)12-15(21)24-14-10-6-3-7-11-14/h2-11H,12H2,1H3,(H,19,23)/t18-/m0/s1. The number of amides is 3. The maximum Gasteiger partial charge on any atom is 0.331 e. The summed E-state index contributed by atoms with van der Waals surface area (Å²) in [7, 11) is 0. The summed E-state index contributed by atoms with van der Waals surface area (Å²) < 4.78 is 5.13. The quantitative estimate of drug-likeness (QED) is 0.531. The Labute approximate surface area is 139 Å². The van der Waals surface area contributed by atoms with E-state index in [0.717, 1.165) is 4.90 Å². The Morgan fingerprint density at radius 3 is 2.25 bits per heavy atom. The van der Waals surface area contributed by atoms with Crippen molar-refractivity contribution in [3.05, 3.63) is 66.2 Å². The number of para-hydroxylation sites is 1. The summed E-state index contributed by atoms with van der Waals surface area (Å²) in [5.74, 6) is -0.800. The number of nitrogens with one attached hydrogen (secondary N) is 1. The molecule has 0 saturated carbocycles.